The van der Waals surface area contributed by atoms with E-state index in [0.29, 0.717) is 12.1 Å². The van der Waals surface area contributed by atoms with Crippen molar-refractivity contribution >= 4 is 18.3 Å². The second kappa shape index (κ2) is 6.06. The van der Waals surface area contributed by atoms with Crippen molar-refractivity contribution in [1.82, 2.24) is 10.6 Å². The Balaban J connectivity index is 0.00000147. The minimum Gasteiger partial charge on any atom is -0.349 e. The Kier molecular flexibility index (Phi) is 4.60. The fraction of sp³-hybridized carbons (Fsp3) is 0.500. The molecule has 2 unspecified atom stereocenters. The maximum Gasteiger partial charge on any atom is 0.251 e. The van der Waals surface area contributed by atoms with Crippen LogP contribution in [-0.4, -0.2) is 24.0 Å². The van der Waals surface area contributed by atoms with Crippen molar-refractivity contribution in [3.05, 3.63) is 35.4 Å². The van der Waals surface area contributed by atoms with E-state index in [1.807, 2.05) is 0 Å². The summed E-state index contributed by atoms with van der Waals surface area (Å²) >= 11 is 0. The third kappa shape index (κ3) is 3.27. The molecule has 2 aliphatic rings. The van der Waals surface area contributed by atoms with Gasteiger partial charge in [-0.05, 0) is 37.8 Å². The number of hydrogen-bond acceptors (Lipinski definition) is 2. The van der Waals surface area contributed by atoms with E-state index in [-0.39, 0.29) is 24.0 Å². The van der Waals surface area contributed by atoms with Gasteiger partial charge in [-0.3, -0.25) is 4.79 Å². The highest BCUT2D eigenvalue weighted by Crippen LogP contribution is 2.26. The number of halogens is 3. The first-order chi connectivity index (χ1) is 9.10. The van der Waals surface area contributed by atoms with Crippen molar-refractivity contribution in [2.75, 3.05) is 0 Å². The average Bonchev–Trinajstić information content (AvgIpc) is 2.67. The van der Waals surface area contributed by atoms with Crippen molar-refractivity contribution in [2.24, 2.45) is 0 Å². The van der Waals surface area contributed by atoms with Crippen LogP contribution >= 0.6 is 12.4 Å². The summed E-state index contributed by atoms with van der Waals surface area (Å²) in [6, 6.07) is 3.92. The highest BCUT2D eigenvalue weighted by molar-refractivity contribution is 5.94. The van der Waals surface area contributed by atoms with Gasteiger partial charge in [0.25, 0.3) is 5.91 Å². The summed E-state index contributed by atoms with van der Waals surface area (Å²) in [7, 11) is 0. The van der Waals surface area contributed by atoms with Gasteiger partial charge < -0.3 is 10.6 Å². The highest BCUT2D eigenvalue weighted by atomic mass is 35.5. The first-order valence-corrected chi connectivity index (χ1v) is 6.63. The third-order valence-electron chi connectivity index (χ3n) is 3.93. The minimum atomic E-state index is -0.726. The molecule has 2 fully saturated rings. The van der Waals surface area contributed by atoms with Crippen LogP contribution in [-0.2, 0) is 0 Å². The molecule has 2 aliphatic heterocycles. The van der Waals surface area contributed by atoms with E-state index in [9.17, 15) is 13.6 Å². The Morgan fingerprint density at radius 2 is 1.65 bits per heavy atom. The Labute approximate surface area is 122 Å². The highest BCUT2D eigenvalue weighted by Gasteiger charge is 2.34. The molecule has 2 heterocycles. The summed E-state index contributed by atoms with van der Waals surface area (Å²) in [5.74, 6) is -1.85. The number of hydrogen-bond donors (Lipinski definition) is 2. The van der Waals surface area contributed by atoms with Crippen LogP contribution in [0.15, 0.2) is 18.2 Å². The number of amides is 1. The molecular weight excluding hydrogens is 286 g/mol. The smallest absolute Gasteiger partial charge is 0.251 e. The summed E-state index contributed by atoms with van der Waals surface area (Å²) < 4.78 is 26.1. The molecule has 6 heteroatoms. The molecule has 20 heavy (non-hydrogen) atoms. The maximum atomic E-state index is 13.1. The summed E-state index contributed by atoms with van der Waals surface area (Å²) in [6.45, 7) is 0. The molecule has 1 amide bonds. The number of benzene rings is 1. The van der Waals surface area contributed by atoms with E-state index in [2.05, 4.69) is 10.6 Å². The van der Waals surface area contributed by atoms with Crippen LogP contribution in [0.4, 0.5) is 8.78 Å². The van der Waals surface area contributed by atoms with Gasteiger partial charge in [0, 0.05) is 29.8 Å². The predicted octanol–water partition coefficient (Wildman–Crippen LogP) is 2.40. The lowest BCUT2D eigenvalue weighted by molar-refractivity contribution is 0.0923. The van der Waals surface area contributed by atoms with Gasteiger partial charge in [-0.15, -0.1) is 12.4 Å². The fourth-order valence-corrected chi connectivity index (χ4v) is 3.13. The number of carbonyl (C=O) groups excluding carboxylic acids is 1. The first-order valence-electron chi connectivity index (χ1n) is 6.63. The fourth-order valence-electron chi connectivity index (χ4n) is 3.13. The molecule has 3 nitrogen and oxygen atoms in total. The predicted molar refractivity (Wildman–Crippen MR) is 74.0 cm³/mol. The number of carbonyl (C=O) groups is 1. The summed E-state index contributed by atoms with van der Waals surface area (Å²) in [5, 5.41) is 6.36. The molecule has 1 aromatic carbocycles. The standard InChI is InChI=1S/C14H16F2N2O.ClH/c15-9-3-8(4-10(16)5-9)14(19)18-13-6-11-1-2-12(7-13)17-11;/h3-5,11-13,17H,1-2,6-7H2,(H,18,19);1H. The van der Waals surface area contributed by atoms with Crippen molar-refractivity contribution in [2.45, 2.75) is 43.8 Å². The van der Waals surface area contributed by atoms with Crippen LogP contribution < -0.4 is 10.6 Å². The van der Waals surface area contributed by atoms with Crippen LogP contribution in [0.5, 0.6) is 0 Å². The van der Waals surface area contributed by atoms with E-state index >= 15 is 0 Å². The minimum absolute atomic E-state index is 0. The van der Waals surface area contributed by atoms with Crippen LogP contribution in [0, 0.1) is 11.6 Å². The average molecular weight is 303 g/mol. The molecule has 2 atom stereocenters. The van der Waals surface area contributed by atoms with E-state index < -0.39 is 17.5 Å². The lowest BCUT2D eigenvalue weighted by Crippen LogP contribution is -2.48. The van der Waals surface area contributed by atoms with Crippen molar-refractivity contribution in [1.29, 1.82) is 0 Å². The van der Waals surface area contributed by atoms with E-state index in [1.165, 1.54) is 0 Å². The molecular formula is C14H17ClF2N2O. The lowest BCUT2D eigenvalue weighted by atomic mass is 9.99. The Morgan fingerprint density at radius 1 is 1.10 bits per heavy atom. The normalized spacial score (nSPS) is 27.8. The first kappa shape index (κ1) is 15.2. The number of piperidine rings is 1. The molecule has 2 saturated heterocycles. The molecule has 110 valence electrons. The Bertz CT molecular complexity index is 480. The Morgan fingerprint density at radius 3 is 2.20 bits per heavy atom. The zero-order valence-electron chi connectivity index (χ0n) is 10.9. The van der Waals surface area contributed by atoms with Crippen LogP contribution in [0.3, 0.4) is 0 Å². The molecule has 0 saturated carbocycles. The maximum absolute atomic E-state index is 13.1. The van der Waals surface area contributed by atoms with Gasteiger partial charge in [0.2, 0.25) is 0 Å². The van der Waals surface area contributed by atoms with Gasteiger partial charge in [0.15, 0.2) is 0 Å². The van der Waals surface area contributed by atoms with E-state index in [1.54, 1.807) is 0 Å². The quantitative estimate of drug-likeness (QED) is 0.881. The summed E-state index contributed by atoms with van der Waals surface area (Å²) in [6.07, 6.45) is 4.07. The van der Waals surface area contributed by atoms with Crippen LogP contribution in [0.1, 0.15) is 36.0 Å². The van der Waals surface area contributed by atoms with Gasteiger partial charge in [-0.25, -0.2) is 8.78 Å². The Hall–Kier alpha value is -1.20. The number of nitrogens with one attached hydrogen (secondary N) is 2. The molecule has 0 aromatic heterocycles. The largest absolute Gasteiger partial charge is 0.349 e. The molecule has 2 N–H and O–H groups in total. The topological polar surface area (TPSA) is 41.1 Å². The van der Waals surface area contributed by atoms with Crippen LogP contribution in [0.25, 0.3) is 0 Å². The van der Waals surface area contributed by atoms with Gasteiger partial charge in [-0.2, -0.15) is 0 Å². The SMILES string of the molecule is Cl.O=C(NC1CC2CCC(C1)N2)c1cc(F)cc(F)c1. The number of fused-ring (bicyclic) bond motifs is 2. The third-order valence-corrected chi connectivity index (χ3v) is 3.93. The zero-order chi connectivity index (χ0) is 13.4. The summed E-state index contributed by atoms with van der Waals surface area (Å²) in [4.78, 5) is 12.0. The molecule has 0 aliphatic carbocycles. The van der Waals surface area contributed by atoms with Crippen molar-refractivity contribution in [3.63, 3.8) is 0 Å². The molecule has 0 radical (unpaired) electrons. The van der Waals surface area contributed by atoms with Gasteiger partial charge in [0.05, 0.1) is 0 Å². The lowest BCUT2D eigenvalue weighted by Gasteiger charge is -2.29. The van der Waals surface area contributed by atoms with Gasteiger partial charge in [-0.1, -0.05) is 0 Å². The van der Waals surface area contributed by atoms with E-state index in [0.717, 1.165) is 43.9 Å². The van der Waals surface area contributed by atoms with E-state index in [4.69, 9.17) is 0 Å². The molecule has 0 spiro atoms. The molecule has 3 rings (SSSR count). The zero-order valence-corrected chi connectivity index (χ0v) is 11.7. The molecule has 2 bridgehead atoms. The summed E-state index contributed by atoms with van der Waals surface area (Å²) in [5.41, 5.74) is 0.0448. The second-order valence-electron chi connectivity index (χ2n) is 5.44. The monoisotopic (exact) mass is 302 g/mol. The molecule has 1 aromatic rings. The van der Waals surface area contributed by atoms with Gasteiger partial charge in [0.1, 0.15) is 11.6 Å². The second-order valence-corrected chi connectivity index (χ2v) is 5.44. The van der Waals surface area contributed by atoms with Crippen LogP contribution in [0.2, 0.25) is 0 Å². The van der Waals surface area contributed by atoms with Crippen molar-refractivity contribution < 1.29 is 13.6 Å². The van der Waals surface area contributed by atoms with Crippen molar-refractivity contribution in [3.8, 4) is 0 Å². The van der Waals surface area contributed by atoms with Gasteiger partial charge >= 0.3 is 0 Å². The number of rotatable bonds is 2.